The molecule has 0 saturated carbocycles. The van der Waals surface area contributed by atoms with Gasteiger partial charge in [-0.1, -0.05) is 32.0 Å². The second-order valence-electron chi connectivity index (χ2n) is 7.40. The molecule has 3 rings (SSSR count). The number of ether oxygens (including phenoxy) is 2. The summed E-state index contributed by atoms with van der Waals surface area (Å²) in [6, 6.07) is 14.3. The van der Waals surface area contributed by atoms with Gasteiger partial charge in [0.05, 0.1) is 5.69 Å². The van der Waals surface area contributed by atoms with Gasteiger partial charge in [0.1, 0.15) is 18.5 Å². The highest BCUT2D eigenvalue weighted by Gasteiger charge is 2.23. The van der Waals surface area contributed by atoms with E-state index in [1.54, 1.807) is 24.3 Å². The second-order valence-corrected chi connectivity index (χ2v) is 7.40. The van der Waals surface area contributed by atoms with Gasteiger partial charge in [-0.05, 0) is 56.3 Å². The summed E-state index contributed by atoms with van der Waals surface area (Å²) < 4.78 is 11.3. The standard InChI is InChI=1S/C24H31N3O4/c1-3-27(4-2)14-16-31-21-12-6-5-11-20(21)26-23(28)18-9-7-10-19(17-18)25-24(29)22-13-8-15-30-22/h5-7,9-12,17,22H,3-4,8,13-16H2,1-2H3,(H,25,29)(H,26,28). The Balaban J connectivity index is 1.61. The van der Waals surface area contributed by atoms with Crippen LogP contribution in [0.4, 0.5) is 11.4 Å². The maximum atomic E-state index is 12.8. The van der Waals surface area contributed by atoms with Gasteiger partial charge in [-0.3, -0.25) is 9.59 Å². The summed E-state index contributed by atoms with van der Waals surface area (Å²) in [4.78, 5) is 27.4. The molecule has 0 bridgehead atoms. The van der Waals surface area contributed by atoms with Crippen LogP contribution >= 0.6 is 0 Å². The van der Waals surface area contributed by atoms with E-state index in [-0.39, 0.29) is 11.8 Å². The maximum Gasteiger partial charge on any atom is 0.255 e. The first-order valence-electron chi connectivity index (χ1n) is 10.9. The van der Waals surface area contributed by atoms with Crippen LogP contribution in [0.15, 0.2) is 48.5 Å². The Morgan fingerprint density at radius 1 is 1.10 bits per heavy atom. The normalized spacial score (nSPS) is 15.6. The molecule has 2 aromatic carbocycles. The number of likely N-dealkylation sites (N-methyl/N-ethyl adjacent to an activating group) is 1. The Kier molecular flexibility index (Phi) is 8.44. The van der Waals surface area contributed by atoms with Gasteiger partial charge in [-0.15, -0.1) is 0 Å². The number of nitrogens with zero attached hydrogens (tertiary/aromatic N) is 1. The number of hydrogen-bond donors (Lipinski definition) is 2. The largest absolute Gasteiger partial charge is 0.490 e. The van der Waals surface area contributed by atoms with E-state index >= 15 is 0 Å². The SMILES string of the molecule is CCN(CC)CCOc1ccccc1NC(=O)c1cccc(NC(=O)C2CCCO2)c1. The zero-order valence-electron chi connectivity index (χ0n) is 18.2. The molecule has 7 heteroatoms. The molecule has 1 unspecified atom stereocenters. The number of rotatable bonds is 10. The molecule has 0 spiro atoms. The first kappa shape index (κ1) is 22.8. The summed E-state index contributed by atoms with van der Waals surface area (Å²) in [5.41, 5.74) is 1.63. The van der Waals surface area contributed by atoms with Crippen molar-refractivity contribution in [2.75, 3.05) is 43.5 Å². The van der Waals surface area contributed by atoms with Gasteiger partial charge in [0, 0.05) is 24.4 Å². The molecule has 2 aromatic rings. The average Bonchev–Trinajstić information content (AvgIpc) is 3.33. The van der Waals surface area contributed by atoms with Crippen LogP contribution in [0.2, 0.25) is 0 Å². The fraction of sp³-hybridized carbons (Fsp3) is 0.417. The van der Waals surface area contributed by atoms with Gasteiger partial charge in [0.15, 0.2) is 0 Å². The molecule has 1 atom stereocenters. The molecule has 2 N–H and O–H groups in total. The lowest BCUT2D eigenvalue weighted by Crippen LogP contribution is -2.28. The summed E-state index contributed by atoms with van der Waals surface area (Å²) >= 11 is 0. The lowest BCUT2D eigenvalue weighted by atomic mass is 10.1. The maximum absolute atomic E-state index is 12.8. The van der Waals surface area contributed by atoms with Crippen molar-refractivity contribution in [3.63, 3.8) is 0 Å². The Morgan fingerprint density at radius 3 is 2.65 bits per heavy atom. The third-order valence-corrected chi connectivity index (χ3v) is 5.31. The number of anilines is 2. The lowest BCUT2D eigenvalue weighted by molar-refractivity contribution is -0.124. The number of carbonyl (C=O) groups is 2. The first-order valence-corrected chi connectivity index (χ1v) is 10.9. The molecule has 2 amide bonds. The van der Waals surface area contributed by atoms with E-state index in [0.717, 1.165) is 32.5 Å². The van der Waals surface area contributed by atoms with Gasteiger partial charge in [-0.2, -0.15) is 0 Å². The summed E-state index contributed by atoms with van der Waals surface area (Å²) in [5, 5.41) is 5.74. The Morgan fingerprint density at radius 2 is 1.90 bits per heavy atom. The molecule has 0 aliphatic carbocycles. The van der Waals surface area contributed by atoms with E-state index in [0.29, 0.717) is 35.9 Å². The number of nitrogens with one attached hydrogen (secondary N) is 2. The predicted octanol–water partition coefficient (Wildman–Crippen LogP) is 3.78. The second kappa shape index (κ2) is 11.5. The van der Waals surface area contributed by atoms with E-state index < -0.39 is 6.10 Å². The fourth-order valence-corrected chi connectivity index (χ4v) is 3.46. The van der Waals surface area contributed by atoms with Crippen LogP contribution in [0.1, 0.15) is 37.0 Å². The minimum absolute atomic E-state index is 0.179. The highest BCUT2D eigenvalue weighted by molar-refractivity contribution is 6.06. The van der Waals surface area contributed by atoms with Gasteiger partial charge < -0.3 is 25.0 Å². The minimum Gasteiger partial charge on any atom is -0.490 e. The third-order valence-electron chi connectivity index (χ3n) is 5.31. The Hall–Kier alpha value is -2.90. The summed E-state index contributed by atoms with van der Waals surface area (Å²) in [6.45, 7) is 8.15. The van der Waals surface area contributed by atoms with Crippen molar-refractivity contribution < 1.29 is 19.1 Å². The van der Waals surface area contributed by atoms with Crippen LogP contribution in [-0.4, -0.2) is 55.7 Å². The van der Waals surface area contributed by atoms with Crippen LogP contribution in [0.25, 0.3) is 0 Å². The van der Waals surface area contributed by atoms with Crippen molar-refractivity contribution in [3.8, 4) is 5.75 Å². The minimum atomic E-state index is -0.419. The summed E-state index contributed by atoms with van der Waals surface area (Å²) in [7, 11) is 0. The smallest absolute Gasteiger partial charge is 0.255 e. The van der Waals surface area contributed by atoms with Crippen LogP contribution in [0.3, 0.4) is 0 Å². The van der Waals surface area contributed by atoms with Crippen molar-refractivity contribution >= 4 is 23.2 Å². The molecular weight excluding hydrogens is 394 g/mol. The summed E-state index contributed by atoms with van der Waals surface area (Å²) in [5.74, 6) is 0.181. The lowest BCUT2D eigenvalue weighted by Gasteiger charge is -2.19. The molecule has 1 aliphatic heterocycles. The van der Waals surface area contributed by atoms with Crippen molar-refractivity contribution in [1.29, 1.82) is 0 Å². The van der Waals surface area contributed by atoms with Gasteiger partial charge in [0.2, 0.25) is 0 Å². The zero-order valence-corrected chi connectivity index (χ0v) is 18.2. The molecule has 1 fully saturated rings. The van der Waals surface area contributed by atoms with Crippen LogP contribution in [0.5, 0.6) is 5.75 Å². The summed E-state index contributed by atoms with van der Waals surface area (Å²) in [6.07, 6.45) is 1.19. The molecule has 1 aliphatic rings. The predicted molar refractivity (Wildman–Crippen MR) is 122 cm³/mol. The van der Waals surface area contributed by atoms with Gasteiger partial charge in [-0.25, -0.2) is 0 Å². The monoisotopic (exact) mass is 425 g/mol. The number of para-hydroxylation sites is 2. The van der Waals surface area contributed by atoms with Crippen LogP contribution in [-0.2, 0) is 9.53 Å². The number of carbonyl (C=O) groups excluding carboxylic acids is 2. The average molecular weight is 426 g/mol. The molecule has 1 saturated heterocycles. The quantitative estimate of drug-likeness (QED) is 0.606. The molecule has 166 valence electrons. The van der Waals surface area contributed by atoms with Crippen molar-refractivity contribution in [1.82, 2.24) is 4.90 Å². The highest BCUT2D eigenvalue weighted by Crippen LogP contribution is 2.25. The van der Waals surface area contributed by atoms with Crippen molar-refractivity contribution in [3.05, 3.63) is 54.1 Å². The first-order chi connectivity index (χ1) is 15.1. The molecule has 0 aromatic heterocycles. The zero-order chi connectivity index (χ0) is 22.1. The Labute approximate surface area is 183 Å². The topological polar surface area (TPSA) is 79.9 Å². The molecular formula is C24H31N3O4. The van der Waals surface area contributed by atoms with E-state index in [9.17, 15) is 9.59 Å². The van der Waals surface area contributed by atoms with Crippen molar-refractivity contribution in [2.24, 2.45) is 0 Å². The van der Waals surface area contributed by atoms with E-state index in [1.807, 2.05) is 24.3 Å². The van der Waals surface area contributed by atoms with E-state index in [4.69, 9.17) is 9.47 Å². The number of amides is 2. The van der Waals surface area contributed by atoms with Gasteiger partial charge in [0.25, 0.3) is 11.8 Å². The van der Waals surface area contributed by atoms with Crippen LogP contribution in [0, 0.1) is 0 Å². The van der Waals surface area contributed by atoms with E-state index in [2.05, 4.69) is 29.4 Å². The molecule has 0 radical (unpaired) electrons. The van der Waals surface area contributed by atoms with Gasteiger partial charge >= 0.3 is 0 Å². The Bertz CT molecular complexity index is 877. The molecule has 31 heavy (non-hydrogen) atoms. The number of benzene rings is 2. The number of hydrogen-bond acceptors (Lipinski definition) is 5. The fourth-order valence-electron chi connectivity index (χ4n) is 3.46. The third kappa shape index (κ3) is 6.54. The van der Waals surface area contributed by atoms with Crippen LogP contribution < -0.4 is 15.4 Å². The van der Waals surface area contributed by atoms with E-state index in [1.165, 1.54) is 0 Å². The molecule has 7 nitrogen and oxygen atoms in total. The highest BCUT2D eigenvalue weighted by atomic mass is 16.5. The molecule has 1 heterocycles. The van der Waals surface area contributed by atoms with Crippen molar-refractivity contribution in [2.45, 2.75) is 32.8 Å².